The topological polar surface area (TPSA) is 0 Å². The molecule has 0 bridgehead atoms. The van der Waals surface area contributed by atoms with Crippen LogP contribution in [0.5, 0.6) is 0 Å². The maximum atomic E-state index is 5.19. The zero-order valence-corrected chi connectivity index (χ0v) is 4.72. The molecule has 0 nitrogen and oxygen atoms in total. The standard InChI is InChI=1S/C4H7BS/c1-4(5)3-6-2/h1,3H2,2H3. The van der Waals surface area contributed by atoms with E-state index in [0.29, 0.717) is 0 Å². The lowest BCUT2D eigenvalue weighted by Gasteiger charge is -1.87. The van der Waals surface area contributed by atoms with Crippen molar-refractivity contribution in [3.05, 3.63) is 12.1 Å². The van der Waals surface area contributed by atoms with Crippen molar-refractivity contribution in [3.63, 3.8) is 0 Å². The van der Waals surface area contributed by atoms with Crippen LogP contribution in [0.15, 0.2) is 12.1 Å². The van der Waals surface area contributed by atoms with E-state index in [2.05, 4.69) is 6.58 Å². The van der Waals surface area contributed by atoms with Crippen LogP contribution < -0.4 is 0 Å². The molecule has 0 rings (SSSR count). The average molecular weight is 98.0 g/mol. The molecule has 0 atom stereocenters. The molecule has 0 aromatic heterocycles. The quantitative estimate of drug-likeness (QED) is 0.465. The van der Waals surface area contributed by atoms with E-state index < -0.39 is 0 Å². The first-order valence-electron chi connectivity index (χ1n) is 1.69. The normalized spacial score (nSPS) is 8.17. The van der Waals surface area contributed by atoms with Gasteiger partial charge in [0.1, 0.15) is 7.85 Å². The Morgan fingerprint density at radius 3 is 2.50 bits per heavy atom. The minimum Gasteiger partial charge on any atom is -0.162 e. The van der Waals surface area contributed by atoms with Crippen LogP contribution in [0.25, 0.3) is 0 Å². The Labute approximate surface area is 44.4 Å². The Morgan fingerprint density at radius 1 is 2.00 bits per heavy atom. The molecule has 2 heteroatoms. The van der Waals surface area contributed by atoms with Crippen LogP contribution in [0, 0.1) is 0 Å². The number of hydrogen-bond donors (Lipinski definition) is 0. The van der Waals surface area contributed by atoms with Crippen molar-refractivity contribution in [2.45, 2.75) is 0 Å². The molecule has 0 aromatic rings. The van der Waals surface area contributed by atoms with Gasteiger partial charge in [0.2, 0.25) is 0 Å². The Balaban J connectivity index is 2.83. The molecule has 0 unspecified atom stereocenters. The van der Waals surface area contributed by atoms with E-state index in [-0.39, 0.29) is 0 Å². The molecule has 0 saturated heterocycles. The summed E-state index contributed by atoms with van der Waals surface area (Å²) < 4.78 is 0. The third-order valence-corrected chi connectivity index (χ3v) is 0.989. The highest BCUT2D eigenvalue weighted by atomic mass is 32.2. The second-order valence-corrected chi connectivity index (χ2v) is 1.96. The maximum absolute atomic E-state index is 5.19. The molecule has 0 fully saturated rings. The van der Waals surface area contributed by atoms with Gasteiger partial charge < -0.3 is 0 Å². The van der Waals surface area contributed by atoms with Crippen molar-refractivity contribution in [1.82, 2.24) is 0 Å². The van der Waals surface area contributed by atoms with E-state index in [9.17, 15) is 0 Å². The second kappa shape index (κ2) is 3.35. The van der Waals surface area contributed by atoms with E-state index >= 15 is 0 Å². The third kappa shape index (κ3) is 4.15. The lowest BCUT2D eigenvalue weighted by atomic mass is 10.0. The fraction of sp³-hybridized carbons (Fsp3) is 0.500. The van der Waals surface area contributed by atoms with E-state index in [1.54, 1.807) is 11.8 Å². The van der Waals surface area contributed by atoms with Gasteiger partial charge in [-0.2, -0.15) is 11.8 Å². The molecule has 0 N–H and O–H groups in total. The average Bonchev–Trinajstić information content (AvgIpc) is 1.35. The van der Waals surface area contributed by atoms with Crippen LogP contribution in [0.1, 0.15) is 0 Å². The molecule has 0 spiro atoms. The van der Waals surface area contributed by atoms with Crippen LogP contribution in [0.4, 0.5) is 0 Å². The lowest BCUT2D eigenvalue weighted by molar-refractivity contribution is 1.74. The van der Waals surface area contributed by atoms with Crippen LogP contribution in [0.3, 0.4) is 0 Å². The van der Waals surface area contributed by atoms with Gasteiger partial charge in [-0.3, -0.25) is 0 Å². The zero-order valence-electron chi connectivity index (χ0n) is 3.90. The van der Waals surface area contributed by atoms with E-state index in [1.807, 2.05) is 6.26 Å². The lowest BCUT2D eigenvalue weighted by Crippen LogP contribution is -1.79. The Hall–Kier alpha value is 0.155. The fourth-order valence-corrected chi connectivity index (χ4v) is 0.556. The van der Waals surface area contributed by atoms with Gasteiger partial charge in [-0.25, -0.2) is 0 Å². The van der Waals surface area contributed by atoms with Gasteiger partial charge >= 0.3 is 0 Å². The van der Waals surface area contributed by atoms with Gasteiger partial charge in [0.15, 0.2) is 0 Å². The van der Waals surface area contributed by atoms with Crippen molar-refractivity contribution < 1.29 is 0 Å². The summed E-state index contributed by atoms with van der Waals surface area (Å²) >= 11 is 1.69. The highest BCUT2D eigenvalue weighted by Crippen LogP contribution is 1.94. The second-order valence-electron chi connectivity index (χ2n) is 1.09. The number of hydrogen-bond acceptors (Lipinski definition) is 1. The molecule has 0 aliphatic rings. The minimum absolute atomic E-state index is 0.752. The smallest absolute Gasteiger partial charge is 0.108 e. The summed E-state index contributed by atoms with van der Waals surface area (Å²) in [4.78, 5) is 0. The van der Waals surface area contributed by atoms with Crippen LogP contribution in [0.2, 0.25) is 0 Å². The molecular weight excluding hydrogens is 90.9 g/mol. The Kier molecular flexibility index (Phi) is 3.44. The van der Waals surface area contributed by atoms with Crippen LogP contribution >= 0.6 is 11.8 Å². The maximum Gasteiger partial charge on any atom is 0.108 e. The molecule has 0 aliphatic heterocycles. The van der Waals surface area contributed by atoms with Crippen molar-refractivity contribution in [3.8, 4) is 0 Å². The molecular formula is C4H7BS. The summed E-state index contributed by atoms with van der Waals surface area (Å²) in [5, 5.41) is 0. The van der Waals surface area contributed by atoms with Gasteiger partial charge in [0.25, 0.3) is 0 Å². The fourth-order valence-electron chi connectivity index (χ4n) is 0.185. The van der Waals surface area contributed by atoms with Gasteiger partial charge in [0.05, 0.1) is 0 Å². The largest absolute Gasteiger partial charge is 0.162 e. The highest BCUT2D eigenvalue weighted by molar-refractivity contribution is 7.98. The van der Waals surface area contributed by atoms with Crippen LogP contribution in [-0.2, 0) is 0 Å². The van der Waals surface area contributed by atoms with E-state index in [4.69, 9.17) is 7.85 Å². The van der Waals surface area contributed by atoms with E-state index in [0.717, 1.165) is 11.2 Å². The highest BCUT2D eigenvalue weighted by Gasteiger charge is 1.76. The van der Waals surface area contributed by atoms with Gasteiger partial charge in [-0.05, 0) is 6.26 Å². The van der Waals surface area contributed by atoms with Gasteiger partial charge in [-0.1, -0.05) is 0 Å². The number of thioether (sulfide) groups is 1. The SMILES string of the molecule is [B]C(=C)CSC. The summed E-state index contributed by atoms with van der Waals surface area (Å²) in [5.41, 5.74) is 0.752. The first-order chi connectivity index (χ1) is 2.77. The molecule has 0 amide bonds. The molecule has 0 aromatic carbocycles. The van der Waals surface area contributed by atoms with Crippen molar-refractivity contribution in [2.75, 3.05) is 12.0 Å². The Bertz CT molecular complexity index is 51.5. The summed E-state index contributed by atoms with van der Waals surface area (Å²) in [5.74, 6) is 0.875. The van der Waals surface area contributed by atoms with Gasteiger partial charge in [-0.15, -0.1) is 12.1 Å². The molecule has 0 saturated carbocycles. The summed E-state index contributed by atoms with van der Waals surface area (Å²) in [7, 11) is 5.19. The molecule has 32 valence electrons. The third-order valence-electron chi connectivity index (χ3n) is 0.330. The first-order valence-corrected chi connectivity index (χ1v) is 3.09. The van der Waals surface area contributed by atoms with Gasteiger partial charge in [0, 0.05) is 5.75 Å². The number of rotatable bonds is 2. The van der Waals surface area contributed by atoms with Crippen molar-refractivity contribution >= 4 is 19.6 Å². The predicted octanol–water partition coefficient (Wildman–Crippen LogP) is 1.03. The Morgan fingerprint density at radius 2 is 2.50 bits per heavy atom. The molecule has 0 heterocycles. The molecule has 0 aliphatic carbocycles. The first kappa shape index (κ1) is 6.15. The molecule has 2 radical (unpaired) electrons. The van der Waals surface area contributed by atoms with Crippen molar-refractivity contribution in [2.24, 2.45) is 0 Å². The predicted molar refractivity (Wildman–Crippen MR) is 33.3 cm³/mol. The summed E-state index contributed by atoms with van der Waals surface area (Å²) in [6, 6.07) is 0. The van der Waals surface area contributed by atoms with Crippen LogP contribution in [-0.4, -0.2) is 19.9 Å². The zero-order chi connectivity index (χ0) is 4.99. The monoisotopic (exact) mass is 98.0 g/mol. The minimum atomic E-state index is 0.752. The van der Waals surface area contributed by atoms with Crippen molar-refractivity contribution in [1.29, 1.82) is 0 Å². The van der Waals surface area contributed by atoms with E-state index in [1.165, 1.54) is 0 Å². The molecule has 6 heavy (non-hydrogen) atoms. The summed E-state index contributed by atoms with van der Waals surface area (Å²) in [6.07, 6.45) is 2.00. The summed E-state index contributed by atoms with van der Waals surface area (Å²) in [6.45, 7) is 3.50.